The van der Waals surface area contributed by atoms with Gasteiger partial charge in [-0.05, 0) is 5.56 Å². The predicted octanol–water partition coefficient (Wildman–Crippen LogP) is 2.11. The zero-order valence-corrected chi connectivity index (χ0v) is 11.8. The first-order valence-corrected chi connectivity index (χ1v) is 6.88. The van der Waals surface area contributed by atoms with Gasteiger partial charge in [-0.2, -0.15) is 0 Å². The van der Waals surface area contributed by atoms with Crippen molar-refractivity contribution in [1.29, 1.82) is 0 Å². The third-order valence-electron chi connectivity index (χ3n) is 3.29. The van der Waals surface area contributed by atoms with Gasteiger partial charge in [-0.15, -0.1) is 0 Å². The molecule has 114 valence electrons. The highest BCUT2D eigenvalue weighted by atomic mass is 16.4. The standard InChI is InChI=1S/C17H17NO4/c19-14(11-12-7-3-1-4-8-12)15(18-17(21)22)16(20)13-9-5-2-6-10-13/h1-10,14-15,18-19H,11H2,(H,21,22)/t14-,15?/m0/s1. The number of nitrogens with one attached hydrogen (secondary N) is 1. The fraction of sp³-hybridized carbons (Fsp3) is 0.176. The Kier molecular flexibility index (Phi) is 5.27. The quantitative estimate of drug-likeness (QED) is 0.713. The number of Topliss-reactive ketones (excluding diaryl/α,β-unsaturated/α-hetero) is 1. The third kappa shape index (κ3) is 4.17. The van der Waals surface area contributed by atoms with Gasteiger partial charge in [0.05, 0.1) is 6.10 Å². The molecule has 2 rings (SSSR count). The smallest absolute Gasteiger partial charge is 0.405 e. The van der Waals surface area contributed by atoms with Crippen molar-refractivity contribution in [1.82, 2.24) is 5.32 Å². The molecule has 0 aliphatic rings. The molecule has 3 N–H and O–H groups in total. The number of benzene rings is 2. The maximum atomic E-state index is 12.4. The topological polar surface area (TPSA) is 86.6 Å². The summed E-state index contributed by atoms with van der Waals surface area (Å²) in [7, 11) is 0. The van der Waals surface area contributed by atoms with E-state index in [9.17, 15) is 14.7 Å². The number of rotatable bonds is 6. The van der Waals surface area contributed by atoms with E-state index in [1.165, 1.54) is 0 Å². The summed E-state index contributed by atoms with van der Waals surface area (Å²) in [5.41, 5.74) is 1.18. The van der Waals surface area contributed by atoms with Crippen LogP contribution in [-0.4, -0.2) is 34.2 Å². The highest BCUT2D eigenvalue weighted by molar-refractivity contribution is 6.01. The van der Waals surface area contributed by atoms with Crippen LogP contribution in [0.3, 0.4) is 0 Å². The first-order valence-electron chi connectivity index (χ1n) is 6.88. The van der Waals surface area contributed by atoms with E-state index >= 15 is 0 Å². The van der Waals surface area contributed by atoms with Crippen molar-refractivity contribution in [2.45, 2.75) is 18.6 Å². The SMILES string of the molecule is O=C(O)NC(C(=O)c1ccccc1)[C@@H](O)Cc1ccccc1. The van der Waals surface area contributed by atoms with Gasteiger partial charge in [-0.3, -0.25) is 4.79 Å². The van der Waals surface area contributed by atoms with Crippen molar-refractivity contribution in [2.75, 3.05) is 0 Å². The molecule has 2 aromatic rings. The molecule has 0 aliphatic heterocycles. The summed E-state index contributed by atoms with van der Waals surface area (Å²) in [5, 5.41) is 21.3. The van der Waals surface area contributed by atoms with E-state index in [1.54, 1.807) is 30.3 Å². The van der Waals surface area contributed by atoms with Gasteiger partial charge in [0.2, 0.25) is 0 Å². The van der Waals surface area contributed by atoms with Gasteiger partial charge in [0.25, 0.3) is 0 Å². The van der Waals surface area contributed by atoms with Crippen LogP contribution in [0.4, 0.5) is 4.79 Å². The van der Waals surface area contributed by atoms with E-state index in [1.807, 2.05) is 30.3 Å². The van der Waals surface area contributed by atoms with Crippen LogP contribution in [-0.2, 0) is 6.42 Å². The number of amides is 1. The Balaban J connectivity index is 2.18. The van der Waals surface area contributed by atoms with E-state index in [-0.39, 0.29) is 6.42 Å². The summed E-state index contributed by atoms with van der Waals surface area (Å²) >= 11 is 0. The van der Waals surface area contributed by atoms with Crippen molar-refractivity contribution < 1.29 is 19.8 Å². The summed E-state index contributed by atoms with van der Waals surface area (Å²) in [6.45, 7) is 0. The Labute approximate surface area is 128 Å². The van der Waals surface area contributed by atoms with Gasteiger partial charge in [0, 0.05) is 12.0 Å². The molecule has 5 heteroatoms. The van der Waals surface area contributed by atoms with Gasteiger partial charge in [0.15, 0.2) is 5.78 Å². The Hall–Kier alpha value is -2.66. The number of hydrogen-bond acceptors (Lipinski definition) is 3. The monoisotopic (exact) mass is 299 g/mol. The molecule has 0 spiro atoms. The van der Waals surface area contributed by atoms with Crippen LogP contribution in [0.15, 0.2) is 60.7 Å². The van der Waals surface area contributed by atoms with E-state index < -0.39 is 24.0 Å². The van der Waals surface area contributed by atoms with Crippen molar-refractivity contribution in [3.63, 3.8) is 0 Å². The molecule has 0 aliphatic carbocycles. The number of ketones is 1. The summed E-state index contributed by atoms with van der Waals surface area (Å²) in [6.07, 6.45) is -2.31. The number of carbonyl (C=O) groups excluding carboxylic acids is 1. The average Bonchev–Trinajstić information content (AvgIpc) is 2.53. The maximum absolute atomic E-state index is 12.4. The average molecular weight is 299 g/mol. The Morgan fingerprint density at radius 1 is 0.955 bits per heavy atom. The van der Waals surface area contributed by atoms with Crippen molar-refractivity contribution in [3.8, 4) is 0 Å². The van der Waals surface area contributed by atoms with Gasteiger partial charge < -0.3 is 15.5 Å². The van der Waals surface area contributed by atoms with E-state index in [4.69, 9.17) is 5.11 Å². The molecule has 0 heterocycles. The Morgan fingerprint density at radius 3 is 2.05 bits per heavy atom. The van der Waals surface area contributed by atoms with Crippen molar-refractivity contribution in [2.24, 2.45) is 0 Å². The molecule has 0 bridgehead atoms. The molecule has 1 unspecified atom stereocenters. The second-order valence-corrected chi connectivity index (χ2v) is 4.91. The molecular weight excluding hydrogens is 282 g/mol. The molecule has 0 saturated heterocycles. The summed E-state index contributed by atoms with van der Waals surface area (Å²) < 4.78 is 0. The van der Waals surface area contributed by atoms with Gasteiger partial charge in [0.1, 0.15) is 6.04 Å². The largest absolute Gasteiger partial charge is 0.465 e. The molecule has 2 atom stereocenters. The summed E-state index contributed by atoms with van der Waals surface area (Å²) in [4.78, 5) is 23.4. The van der Waals surface area contributed by atoms with E-state index in [2.05, 4.69) is 5.32 Å². The lowest BCUT2D eigenvalue weighted by Gasteiger charge is -2.22. The molecule has 0 saturated carbocycles. The molecule has 0 aromatic heterocycles. The molecule has 22 heavy (non-hydrogen) atoms. The van der Waals surface area contributed by atoms with Crippen LogP contribution in [0.5, 0.6) is 0 Å². The lowest BCUT2D eigenvalue weighted by Crippen LogP contribution is -2.49. The first-order chi connectivity index (χ1) is 10.6. The lowest BCUT2D eigenvalue weighted by atomic mass is 9.95. The molecular formula is C17H17NO4. The minimum Gasteiger partial charge on any atom is -0.465 e. The minimum absolute atomic E-state index is 0.185. The van der Waals surface area contributed by atoms with Crippen LogP contribution in [0.25, 0.3) is 0 Å². The van der Waals surface area contributed by atoms with E-state index in [0.717, 1.165) is 5.56 Å². The minimum atomic E-state index is -1.35. The number of aliphatic hydroxyl groups excluding tert-OH is 1. The summed E-state index contributed by atoms with van der Waals surface area (Å²) in [5.74, 6) is -0.452. The Bertz CT molecular complexity index is 628. The van der Waals surface area contributed by atoms with Crippen LogP contribution in [0.1, 0.15) is 15.9 Å². The zero-order chi connectivity index (χ0) is 15.9. The van der Waals surface area contributed by atoms with Crippen LogP contribution in [0, 0.1) is 0 Å². The molecule has 2 aromatic carbocycles. The van der Waals surface area contributed by atoms with Crippen molar-refractivity contribution >= 4 is 11.9 Å². The maximum Gasteiger partial charge on any atom is 0.405 e. The number of carbonyl (C=O) groups is 2. The second-order valence-electron chi connectivity index (χ2n) is 4.91. The first kappa shape index (κ1) is 15.7. The molecule has 0 radical (unpaired) electrons. The molecule has 5 nitrogen and oxygen atoms in total. The van der Waals surface area contributed by atoms with Crippen LogP contribution in [0.2, 0.25) is 0 Å². The van der Waals surface area contributed by atoms with Crippen molar-refractivity contribution in [3.05, 3.63) is 71.8 Å². The fourth-order valence-electron chi connectivity index (χ4n) is 2.22. The van der Waals surface area contributed by atoms with Gasteiger partial charge >= 0.3 is 6.09 Å². The molecule has 0 fully saturated rings. The van der Waals surface area contributed by atoms with Gasteiger partial charge in [-0.1, -0.05) is 60.7 Å². The number of hydrogen-bond donors (Lipinski definition) is 3. The van der Waals surface area contributed by atoms with Gasteiger partial charge in [-0.25, -0.2) is 4.79 Å². The number of carboxylic acid groups (broad SMARTS) is 1. The third-order valence-corrected chi connectivity index (χ3v) is 3.29. The van der Waals surface area contributed by atoms with E-state index in [0.29, 0.717) is 5.56 Å². The normalized spacial score (nSPS) is 13.1. The lowest BCUT2D eigenvalue weighted by molar-refractivity contribution is 0.0752. The zero-order valence-electron chi connectivity index (χ0n) is 11.8. The fourth-order valence-corrected chi connectivity index (χ4v) is 2.22. The highest BCUT2D eigenvalue weighted by Gasteiger charge is 2.29. The van der Waals surface area contributed by atoms with Crippen LogP contribution < -0.4 is 5.32 Å². The predicted molar refractivity (Wildman–Crippen MR) is 81.9 cm³/mol. The Morgan fingerprint density at radius 2 is 1.50 bits per heavy atom. The summed E-state index contributed by atoms with van der Waals surface area (Å²) in [6, 6.07) is 16.2. The second kappa shape index (κ2) is 7.38. The highest BCUT2D eigenvalue weighted by Crippen LogP contribution is 2.11. The number of aliphatic hydroxyl groups is 1. The van der Waals surface area contributed by atoms with Crippen LogP contribution >= 0.6 is 0 Å². The molecule has 1 amide bonds.